The van der Waals surface area contributed by atoms with Crippen LogP contribution in [0.25, 0.3) is 0 Å². The van der Waals surface area contributed by atoms with Crippen LogP contribution in [0.5, 0.6) is 0 Å². The van der Waals surface area contributed by atoms with E-state index in [9.17, 15) is 9.59 Å². The molecule has 0 aromatic heterocycles. The molecule has 1 N–H and O–H groups in total. The van der Waals surface area contributed by atoms with Crippen LogP contribution in [-0.2, 0) is 14.3 Å². The summed E-state index contributed by atoms with van der Waals surface area (Å²) in [6, 6.07) is 0. The van der Waals surface area contributed by atoms with Crippen LogP contribution >= 0.6 is 0 Å². The van der Waals surface area contributed by atoms with Gasteiger partial charge in [0, 0.05) is 0 Å². The molecule has 0 saturated heterocycles. The fraction of sp³-hybridized carbons (Fsp3) is 0.600. The molecule has 0 saturated carbocycles. The van der Waals surface area contributed by atoms with E-state index in [-0.39, 0.29) is 12.6 Å². The molecule has 80 valence electrons. The SMILES string of the molecule is C/C=C/CC[C@H](C)OC(=O)CNC=O. The van der Waals surface area contributed by atoms with Gasteiger partial charge in [-0.3, -0.25) is 9.59 Å². The molecule has 4 nitrogen and oxygen atoms in total. The van der Waals surface area contributed by atoms with Crippen molar-refractivity contribution in [2.45, 2.75) is 32.8 Å². The van der Waals surface area contributed by atoms with Crippen molar-refractivity contribution in [1.82, 2.24) is 5.32 Å². The van der Waals surface area contributed by atoms with Gasteiger partial charge in [-0.15, -0.1) is 0 Å². The number of nitrogens with one attached hydrogen (secondary N) is 1. The molecule has 14 heavy (non-hydrogen) atoms. The Balaban J connectivity index is 3.54. The maximum atomic E-state index is 11.0. The lowest BCUT2D eigenvalue weighted by atomic mass is 10.2. The van der Waals surface area contributed by atoms with Crippen LogP contribution in [0.3, 0.4) is 0 Å². The zero-order valence-corrected chi connectivity index (χ0v) is 8.66. The Morgan fingerprint density at radius 3 is 2.86 bits per heavy atom. The highest BCUT2D eigenvalue weighted by Crippen LogP contribution is 2.02. The molecule has 0 aromatic carbocycles. The van der Waals surface area contributed by atoms with Crippen LogP contribution in [0, 0.1) is 0 Å². The van der Waals surface area contributed by atoms with E-state index in [4.69, 9.17) is 4.74 Å². The predicted octanol–water partition coefficient (Wildman–Crippen LogP) is 1.02. The van der Waals surface area contributed by atoms with E-state index in [1.54, 1.807) is 0 Å². The first-order valence-electron chi connectivity index (χ1n) is 4.68. The molecule has 0 heterocycles. The van der Waals surface area contributed by atoms with E-state index >= 15 is 0 Å². The summed E-state index contributed by atoms with van der Waals surface area (Å²) in [5.74, 6) is -0.398. The van der Waals surface area contributed by atoms with Gasteiger partial charge in [0.25, 0.3) is 0 Å². The smallest absolute Gasteiger partial charge is 0.325 e. The molecule has 1 amide bonds. The van der Waals surface area contributed by atoms with Crippen LogP contribution in [0.1, 0.15) is 26.7 Å². The lowest BCUT2D eigenvalue weighted by Crippen LogP contribution is -2.26. The maximum Gasteiger partial charge on any atom is 0.325 e. The summed E-state index contributed by atoms with van der Waals surface area (Å²) in [5.41, 5.74) is 0. The Morgan fingerprint density at radius 2 is 2.29 bits per heavy atom. The molecule has 0 unspecified atom stereocenters. The summed E-state index contributed by atoms with van der Waals surface area (Å²) in [5, 5.41) is 2.25. The van der Waals surface area contributed by atoms with Crippen molar-refractivity contribution in [2.75, 3.05) is 6.54 Å². The molecule has 0 rings (SSSR count). The second-order valence-corrected chi connectivity index (χ2v) is 2.95. The van der Waals surface area contributed by atoms with Crippen LogP contribution in [0.4, 0.5) is 0 Å². The zero-order valence-electron chi connectivity index (χ0n) is 8.66. The van der Waals surface area contributed by atoms with E-state index < -0.39 is 5.97 Å². The van der Waals surface area contributed by atoms with Crippen molar-refractivity contribution >= 4 is 12.4 Å². The van der Waals surface area contributed by atoms with Crippen molar-refractivity contribution in [3.05, 3.63) is 12.2 Å². The quantitative estimate of drug-likeness (QED) is 0.378. The molecule has 0 spiro atoms. The molecule has 0 aromatic rings. The van der Waals surface area contributed by atoms with Crippen LogP contribution in [0.15, 0.2) is 12.2 Å². The van der Waals surface area contributed by atoms with E-state index in [1.807, 2.05) is 26.0 Å². The topological polar surface area (TPSA) is 55.4 Å². The normalized spacial score (nSPS) is 12.4. The number of ether oxygens (including phenoxy) is 1. The van der Waals surface area contributed by atoms with Gasteiger partial charge in [0.2, 0.25) is 6.41 Å². The van der Waals surface area contributed by atoms with E-state index in [2.05, 4.69) is 5.32 Å². The second kappa shape index (κ2) is 8.29. The van der Waals surface area contributed by atoms with Gasteiger partial charge < -0.3 is 10.1 Å². The number of amides is 1. The van der Waals surface area contributed by atoms with E-state index in [0.717, 1.165) is 12.8 Å². The molecule has 0 bridgehead atoms. The third kappa shape index (κ3) is 7.34. The molecule has 0 aliphatic heterocycles. The maximum absolute atomic E-state index is 11.0. The highest BCUT2D eigenvalue weighted by Gasteiger charge is 2.07. The van der Waals surface area contributed by atoms with Gasteiger partial charge in [0.1, 0.15) is 6.54 Å². The third-order valence-corrected chi connectivity index (χ3v) is 1.64. The number of hydrogen-bond donors (Lipinski definition) is 1. The summed E-state index contributed by atoms with van der Waals surface area (Å²) >= 11 is 0. The molecular weight excluding hydrogens is 182 g/mol. The number of carbonyl (C=O) groups excluding carboxylic acids is 2. The first-order valence-corrected chi connectivity index (χ1v) is 4.68. The second-order valence-electron chi connectivity index (χ2n) is 2.95. The molecule has 0 aliphatic carbocycles. The highest BCUT2D eigenvalue weighted by molar-refractivity contribution is 5.74. The summed E-state index contributed by atoms with van der Waals surface area (Å²) in [4.78, 5) is 20.9. The fourth-order valence-corrected chi connectivity index (χ4v) is 0.948. The Bertz CT molecular complexity index is 202. The molecule has 4 heteroatoms. The van der Waals surface area contributed by atoms with Crippen molar-refractivity contribution < 1.29 is 14.3 Å². The summed E-state index contributed by atoms with van der Waals surface area (Å²) in [6.45, 7) is 3.73. The molecular formula is C10H17NO3. The Hall–Kier alpha value is -1.32. The third-order valence-electron chi connectivity index (χ3n) is 1.64. The van der Waals surface area contributed by atoms with E-state index in [0.29, 0.717) is 6.41 Å². The summed E-state index contributed by atoms with van der Waals surface area (Å²) in [7, 11) is 0. The van der Waals surface area contributed by atoms with Gasteiger partial charge in [0.15, 0.2) is 0 Å². The van der Waals surface area contributed by atoms with Crippen LogP contribution in [0.2, 0.25) is 0 Å². The van der Waals surface area contributed by atoms with Crippen molar-refractivity contribution in [3.8, 4) is 0 Å². The van der Waals surface area contributed by atoms with Gasteiger partial charge in [-0.25, -0.2) is 0 Å². The molecule has 0 aliphatic rings. The monoisotopic (exact) mass is 199 g/mol. The minimum atomic E-state index is -0.398. The van der Waals surface area contributed by atoms with Crippen molar-refractivity contribution in [2.24, 2.45) is 0 Å². The standard InChI is InChI=1S/C10H17NO3/c1-3-4-5-6-9(2)14-10(13)7-11-8-12/h3-4,8-9H,5-7H2,1-2H3,(H,11,12)/b4-3+/t9-/m0/s1. The predicted molar refractivity (Wildman–Crippen MR) is 53.7 cm³/mol. The number of rotatable bonds is 7. The lowest BCUT2D eigenvalue weighted by Gasteiger charge is -2.11. The Morgan fingerprint density at radius 1 is 1.57 bits per heavy atom. The highest BCUT2D eigenvalue weighted by atomic mass is 16.5. The average Bonchev–Trinajstić information content (AvgIpc) is 2.15. The Labute approximate surface area is 84.3 Å². The van der Waals surface area contributed by atoms with Crippen molar-refractivity contribution in [3.63, 3.8) is 0 Å². The summed E-state index contributed by atoms with van der Waals surface area (Å²) < 4.78 is 5.00. The average molecular weight is 199 g/mol. The minimum absolute atomic E-state index is 0.0581. The zero-order chi connectivity index (χ0) is 10.8. The number of hydrogen-bond acceptors (Lipinski definition) is 3. The van der Waals surface area contributed by atoms with Gasteiger partial charge >= 0.3 is 5.97 Å². The fourth-order valence-electron chi connectivity index (χ4n) is 0.948. The molecule has 1 atom stereocenters. The Kier molecular flexibility index (Phi) is 7.50. The largest absolute Gasteiger partial charge is 0.461 e. The molecule has 0 fully saturated rings. The van der Waals surface area contributed by atoms with E-state index in [1.165, 1.54) is 0 Å². The van der Waals surface area contributed by atoms with Crippen molar-refractivity contribution in [1.29, 1.82) is 0 Å². The summed E-state index contributed by atoms with van der Waals surface area (Å²) in [6.07, 6.45) is 6.05. The minimum Gasteiger partial charge on any atom is -0.461 e. The number of carbonyl (C=O) groups is 2. The molecule has 0 radical (unpaired) electrons. The number of allylic oxidation sites excluding steroid dienone is 2. The van der Waals surface area contributed by atoms with Crippen LogP contribution in [-0.4, -0.2) is 25.0 Å². The number of esters is 1. The van der Waals surface area contributed by atoms with Crippen LogP contribution < -0.4 is 5.32 Å². The lowest BCUT2D eigenvalue weighted by molar-refractivity contribution is -0.147. The van der Waals surface area contributed by atoms with Gasteiger partial charge in [-0.1, -0.05) is 12.2 Å². The first kappa shape index (κ1) is 12.7. The van der Waals surface area contributed by atoms with Gasteiger partial charge in [-0.2, -0.15) is 0 Å². The van der Waals surface area contributed by atoms with Gasteiger partial charge in [0.05, 0.1) is 6.10 Å². The first-order chi connectivity index (χ1) is 6.70. The van der Waals surface area contributed by atoms with Gasteiger partial charge in [-0.05, 0) is 26.7 Å².